The van der Waals surface area contributed by atoms with Gasteiger partial charge in [0, 0.05) is 17.5 Å². The average molecular weight is 398 g/mol. The SMILES string of the molecule is CC(=O)Oc1ccc(C=c2sc3nc(-c4ccc(Cl)cc4)nn3c2=O)cc1. The van der Waals surface area contributed by atoms with Crippen LogP contribution in [0.1, 0.15) is 12.5 Å². The number of aromatic nitrogens is 3. The van der Waals surface area contributed by atoms with Crippen LogP contribution in [0.3, 0.4) is 0 Å². The van der Waals surface area contributed by atoms with Crippen molar-refractivity contribution >= 4 is 39.9 Å². The van der Waals surface area contributed by atoms with E-state index < -0.39 is 0 Å². The number of carbonyl (C=O) groups excluding carboxylic acids is 1. The summed E-state index contributed by atoms with van der Waals surface area (Å²) in [6, 6.07) is 14.0. The van der Waals surface area contributed by atoms with E-state index in [0.717, 1.165) is 11.1 Å². The molecule has 0 spiro atoms. The minimum absolute atomic E-state index is 0.230. The lowest BCUT2D eigenvalue weighted by atomic mass is 10.2. The van der Waals surface area contributed by atoms with Gasteiger partial charge in [-0.05, 0) is 48.0 Å². The van der Waals surface area contributed by atoms with Crippen LogP contribution in [0, 0.1) is 0 Å². The zero-order chi connectivity index (χ0) is 19.0. The van der Waals surface area contributed by atoms with Crippen LogP contribution in [-0.2, 0) is 4.79 Å². The summed E-state index contributed by atoms with van der Waals surface area (Å²) in [4.78, 5) is 28.5. The number of fused-ring (bicyclic) bond motifs is 1. The normalized spacial score (nSPS) is 11.9. The van der Waals surface area contributed by atoms with Gasteiger partial charge in [-0.3, -0.25) is 9.59 Å². The third-order valence-corrected chi connectivity index (χ3v) is 4.93. The third kappa shape index (κ3) is 3.60. The summed E-state index contributed by atoms with van der Waals surface area (Å²) in [6.07, 6.45) is 1.75. The lowest BCUT2D eigenvalue weighted by molar-refractivity contribution is -0.131. The first kappa shape index (κ1) is 17.4. The Morgan fingerprint density at radius 3 is 2.48 bits per heavy atom. The largest absolute Gasteiger partial charge is 0.427 e. The fourth-order valence-electron chi connectivity index (χ4n) is 2.50. The number of nitrogens with zero attached hydrogens (tertiary/aromatic N) is 3. The Hall–Kier alpha value is -3.03. The van der Waals surface area contributed by atoms with Crippen molar-refractivity contribution in [2.75, 3.05) is 0 Å². The fourth-order valence-corrected chi connectivity index (χ4v) is 3.54. The predicted octanol–water partition coefficient (Wildman–Crippen LogP) is 2.94. The lowest BCUT2D eigenvalue weighted by Gasteiger charge is -2.00. The number of esters is 1. The van der Waals surface area contributed by atoms with Gasteiger partial charge in [-0.25, -0.2) is 0 Å². The molecular weight excluding hydrogens is 386 g/mol. The van der Waals surface area contributed by atoms with E-state index in [9.17, 15) is 9.59 Å². The van der Waals surface area contributed by atoms with Gasteiger partial charge in [-0.2, -0.15) is 9.50 Å². The van der Waals surface area contributed by atoms with Crippen LogP contribution in [0.15, 0.2) is 53.3 Å². The van der Waals surface area contributed by atoms with Crippen LogP contribution in [0.4, 0.5) is 0 Å². The number of ether oxygens (including phenoxy) is 1. The highest BCUT2D eigenvalue weighted by atomic mass is 35.5. The molecule has 0 aliphatic rings. The molecule has 4 rings (SSSR count). The molecule has 134 valence electrons. The van der Waals surface area contributed by atoms with Crippen molar-refractivity contribution in [1.29, 1.82) is 0 Å². The summed E-state index contributed by atoms with van der Waals surface area (Å²) < 4.78 is 6.82. The van der Waals surface area contributed by atoms with Gasteiger partial charge in [-0.1, -0.05) is 35.1 Å². The molecule has 0 aliphatic heterocycles. The third-order valence-electron chi connectivity index (χ3n) is 3.72. The predicted molar refractivity (Wildman–Crippen MR) is 104 cm³/mol. The molecule has 0 bridgehead atoms. The second-order valence-electron chi connectivity index (χ2n) is 5.72. The Morgan fingerprint density at radius 1 is 1.15 bits per heavy atom. The van der Waals surface area contributed by atoms with E-state index in [0.29, 0.717) is 26.1 Å². The van der Waals surface area contributed by atoms with Gasteiger partial charge in [0.05, 0.1) is 4.53 Å². The minimum atomic E-state index is -0.379. The molecule has 8 heteroatoms. The van der Waals surface area contributed by atoms with Crippen molar-refractivity contribution in [2.45, 2.75) is 6.92 Å². The fraction of sp³-hybridized carbons (Fsp3) is 0.0526. The molecule has 2 aromatic carbocycles. The van der Waals surface area contributed by atoms with Crippen LogP contribution in [0.2, 0.25) is 5.02 Å². The molecule has 0 radical (unpaired) electrons. The first-order chi connectivity index (χ1) is 13.0. The Morgan fingerprint density at radius 2 is 1.85 bits per heavy atom. The molecule has 0 saturated carbocycles. The maximum atomic E-state index is 12.6. The summed E-state index contributed by atoms with van der Waals surface area (Å²) in [6.45, 7) is 1.34. The monoisotopic (exact) mass is 397 g/mol. The topological polar surface area (TPSA) is 73.6 Å². The van der Waals surface area contributed by atoms with Gasteiger partial charge in [0.15, 0.2) is 5.82 Å². The highest BCUT2D eigenvalue weighted by molar-refractivity contribution is 7.15. The van der Waals surface area contributed by atoms with E-state index in [-0.39, 0.29) is 11.5 Å². The quantitative estimate of drug-likeness (QED) is 0.392. The van der Waals surface area contributed by atoms with Crippen molar-refractivity contribution in [3.05, 3.63) is 74.0 Å². The number of carbonyl (C=O) groups is 1. The van der Waals surface area contributed by atoms with E-state index in [1.807, 2.05) is 12.1 Å². The number of rotatable bonds is 3. The molecule has 2 aromatic heterocycles. The van der Waals surface area contributed by atoms with Gasteiger partial charge in [0.25, 0.3) is 5.56 Å². The molecule has 6 nitrogen and oxygen atoms in total. The van der Waals surface area contributed by atoms with Gasteiger partial charge in [-0.15, -0.1) is 5.10 Å². The Balaban J connectivity index is 1.69. The van der Waals surface area contributed by atoms with Crippen LogP contribution in [0.25, 0.3) is 22.4 Å². The van der Waals surface area contributed by atoms with Gasteiger partial charge in [0.2, 0.25) is 4.96 Å². The number of hydrogen-bond donors (Lipinski definition) is 0. The molecule has 0 fully saturated rings. The van der Waals surface area contributed by atoms with E-state index >= 15 is 0 Å². The van der Waals surface area contributed by atoms with Crippen LogP contribution in [0.5, 0.6) is 5.75 Å². The Kier molecular flexibility index (Phi) is 4.47. The Bertz CT molecular complexity index is 1240. The summed E-state index contributed by atoms with van der Waals surface area (Å²) in [5.41, 5.74) is 1.37. The number of hydrogen-bond acceptors (Lipinski definition) is 6. The molecule has 0 saturated heterocycles. The molecule has 0 aliphatic carbocycles. The maximum absolute atomic E-state index is 12.6. The van der Waals surface area contributed by atoms with Crippen LogP contribution in [-0.4, -0.2) is 20.6 Å². The van der Waals surface area contributed by atoms with Gasteiger partial charge < -0.3 is 4.74 Å². The minimum Gasteiger partial charge on any atom is -0.427 e. The zero-order valence-corrected chi connectivity index (χ0v) is 15.6. The molecule has 0 amide bonds. The number of benzene rings is 2. The number of thiazole rings is 1. The van der Waals surface area contributed by atoms with Crippen LogP contribution >= 0.6 is 22.9 Å². The molecule has 4 aromatic rings. The molecular formula is C19H12ClN3O3S. The second-order valence-corrected chi connectivity index (χ2v) is 7.16. The van der Waals surface area contributed by atoms with E-state index in [1.165, 1.54) is 22.8 Å². The van der Waals surface area contributed by atoms with Crippen molar-refractivity contribution in [1.82, 2.24) is 14.6 Å². The lowest BCUT2D eigenvalue weighted by Crippen LogP contribution is -2.23. The molecule has 0 N–H and O–H groups in total. The highest BCUT2D eigenvalue weighted by Gasteiger charge is 2.12. The first-order valence-electron chi connectivity index (χ1n) is 7.95. The van der Waals surface area contributed by atoms with Gasteiger partial charge >= 0.3 is 5.97 Å². The Labute approximate surface area is 162 Å². The number of halogens is 1. The van der Waals surface area contributed by atoms with Crippen molar-refractivity contribution < 1.29 is 9.53 Å². The van der Waals surface area contributed by atoms with E-state index in [4.69, 9.17) is 16.3 Å². The van der Waals surface area contributed by atoms with Crippen molar-refractivity contribution in [3.8, 4) is 17.1 Å². The summed E-state index contributed by atoms with van der Waals surface area (Å²) in [7, 11) is 0. The standard InChI is InChI=1S/C19H12ClN3O3S/c1-11(24)26-15-8-2-12(3-9-15)10-16-18(25)23-19(27-16)21-17(22-23)13-4-6-14(20)7-5-13/h2-10H,1H3. The summed E-state index contributed by atoms with van der Waals surface area (Å²) in [5, 5.41) is 4.93. The zero-order valence-electron chi connectivity index (χ0n) is 14.0. The maximum Gasteiger partial charge on any atom is 0.308 e. The van der Waals surface area contributed by atoms with Crippen LogP contribution < -0.4 is 14.8 Å². The first-order valence-corrected chi connectivity index (χ1v) is 9.15. The summed E-state index contributed by atoms with van der Waals surface area (Å²) in [5.74, 6) is 0.556. The summed E-state index contributed by atoms with van der Waals surface area (Å²) >= 11 is 7.15. The van der Waals surface area contributed by atoms with E-state index in [2.05, 4.69) is 10.1 Å². The second kappa shape index (κ2) is 6.94. The van der Waals surface area contributed by atoms with Crippen molar-refractivity contribution in [3.63, 3.8) is 0 Å². The van der Waals surface area contributed by atoms with Gasteiger partial charge in [0.1, 0.15) is 5.75 Å². The molecule has 2 heterocycles. The van der Waals surface area contributed by atoms with E-state index in [1.54, 1.807) is 42.5 Å². The highest BCUT2D eigenvalue weighted by Crippen LogP contribution is 2.19. The average Bonchev–Trinajstić information content (AvgIpc) is 3.17. The molecule has 0 atom stereocenters. The van der Waals surface area contributed by atoms with Crippen molar-refractivity contribution in [2.24, 2.45) is 0 Å². The molecule has 0 unspecified atom stereocenters. The molecule has 27 heavy (non-hydrogen) atoms. The smallest absolute Gasteiger partial charge is 0.308 e.